The van der Waals surface area contributed by atoms with Crippen molar-refractivity contribution in [3.63, 3.8) is 0 Å². The molecule has 0 aliphatic carbocycles. The van der Waals surface area contributed by atoms with Crippen LogP contribution in [0.2, 0.25) is 0 Å². The lowest BCUT2D eigenvalue weighted by Gasteiger charge is -2.02. The van der Waals surface area contributed by atoms with Crippen molar-refractivity contribution in [2.24, 2.45) is 0 Å². The predicted molar refractivity (Wildman–Crippen MR) is 53.6 cm³/mol. The van der Waals surface area contributed by atoms with Crippen molar-refractivity contribution in [2.45, 2.75) is 13.3 Å². The van der Waals surface area contributed by atoms with Crippen molar-refractivity contribution < 1.29 is 13.6 Å². The van der Waals surface area contributed by atoms with Gasteiger partial charge in [-0.2, -0.15) is 0 Å². The minimum absolute atomic E-state index is 0.0572. The van der Waals surface area contributed by atoms with Crippen LogP contribution in [-0.2, 0) is 11.2 Å². The zero-order valence-corrected chi connectivity index (χ0v) is 8.52. The number of likely N-dealkylation sites (N-methyl/N-ethyl adjacent to an activating group) is 1. The first-order chi connectivity index (χ1) is 7.11. The third-order valence-corrected chi connectivity index (χ3v) is 1.90. The van der Waals surface area contributed by atoms with Crippen LogP contribution < -0.4 is 5.32 Å². The highest BCUT2D eigenvalue weighted by molar-refractivity contribution is 5.82. The first-order valence-corrected chi connectivity index (χ1v) is 4.79. The van der Waals surface area contributed by atoms with Crippen molar-refractivity contribution >= 4 is 5.78 Å². The van der Waals surface area contributed by atoms with E-state index in [2.05, 4.69) is 5.32 Å². The van der Waals surface area contributed by atoms with Gasteiger partial charge in [-0.3, -0.25) is 4.79 Å². The maximum atomic E-state index is 12.8. The molecule has 0 radical (unpaired) electrons. The van der Waals surface area contributed by atoms with Crippen LogP contribution in [0.1, 0.15) is 12.5 Å². The number of benzene rings is 1. The first kappa shape index (κ1) is 11.8. The molecule has 0 unspecified atom stereocenters. The summed E-state index contributed by atoms with van der Waals surface area (Å²) >= 11 is 0. The van der Waals surface area contributed by atoms with E-state index >= 15 is 0 Å². The third-order valence-electron chi connectivity index (χ3n) is 1.90. The summed E-state index contributed by atoms with van der Waals surface area (Å²) in [5.74, 6) is -1.38. The van der Waals surface area contributed by atoms with E-state index in [-0.39, 0.29) is 18.7 Å². The molecular weight excluding hydrogens is 200 g/mol. The summed E-state index contributed by atoms with van der Waals surface area (Å²) in [4.78, 5) is 11.3. The normalized spacial score (nSPS) is 10.3. The third kappa shape index (κ3) is 4.16. The van der Waals surface area contributed by atoms with E-state index < -0.39 is 11.6 Å². The highest BCUT2D eigenvalue weighted by Gasteiger charge is 2.05. The number of rotatable bonds is 5. The van der Waals surface area contributed by atoms with Gasteiger partial charge in [-0.05, 0) is 24.2 Å². The molecule has 0 aliphatic heterocycles. The van der Waals surface area contributed by atoms with Gasteiger partial charge in [0.1, 0.15) is 11.6 Å². The van der Waals surface area contributed by atoms with Crippen LogP contribution in [0.25, 0.3) is 0 Å². The Hall–Kier alpha value is -1.29. The second-order valence-electron chi connectivity index (χ2n) is 3.27. The first-order valence-electron chi connectivity index (χ1n) is 4.79. The van der Waals surface area contributed by atoms with E-state index in [0.29, 0.717) is 12.1 Å². The van der Waals surface area contributed by atoms with E-state index in [1.54, 1.807) is 0 Å². The Balaban J connectivity index is 2.60. The molecule has 1 aromatic carbocycles. The van der Waals surface area contributed by atoms with Gasteiger partial charge in [-0.25, -0.2) is 8.78 Å². The second-order valence-corrected chi connectivity index (χ2v) is 3.27. The van der Waals surface area contributed by atoms with Crippen molar-refractivity contribution in [3.05, 3.63) is 35.4 Å². The molecule has 0 saturated carbocycles. The molecular formula is C11H13F2NO. The second kappa shape index (κ2) is 5.56. The van der Waals surface area contributed by atoms with Gasteiger partial charge in [0.25, 0.3) is 0 Å². The minimum atomic E-state index is -0.652. The number of carbonyl (C=O) groups is 1. The lowest BCUT2D eigenvalue weighted by molar-refractivity contribution is -0.117. The maximum absolute atomic E-state index is 12.8. The molecule has 0 spiro atoms. The van der Waals surface area contributed by atoms with Gasteiger partial charge in [0, 0.05) is 12.5 Å². The van der Waals surface area contributed by atoms with E-state index in [0.717, 1.165) is 6.07 Å². The summed E-state index contributed by atoms with van der Waals surface area (Å²) in [5, 5.41) is 2.86. The fraction of sp³-hybridized carbons (Fsp3) is 0.364. The standard InChI is InChI=1S/C11H13F2NO/c1-2-14-7-11(15)5-8-3-9(12)6-10(13)4-8/h3-4,6,14H,2,5,7H2,1H3. The Kier molecular flexibility index (Phi) is 4.37. The van der Waals surface area contributed by atoms with Crippen LogP contribution in [-0.4, -0.2) is 18.9 Å². The number of Topliss-reactive ketones (excluding diaryl/α,β-unsaturated/α-hetero) is 1. The largest absolute Gasteiger partial charge is 0.310 e. The fourth-order valence-corrected chi connectivity index (χ4v) is 1.27. The molecule has 0 aromatic heterocycles. The van der Waals surface area contributed by atoms with Gasteiger partial charge in [-0.1, -0.05) is 6.92 Å². The van der Waals surface area contributed by atoms with Gasteiger partial charge >= 0.3 is 0 Å². The van der Waals surface area contributed by atoms with Gasteiger partial charge in [-0.15, -0.1) is 0 Å². The van der Waals surface area contributed by atoms with Crippen LogP contribution in [0.4, 0.5) is 8.78 Å². The summed E-state index contributed by atoms with van der Waals surface area (Å²) in [5.41, 5.74) is 0.371. The number of hydrogen-bond acceptors (Lipinski definition) is 2. The molecule has 15 heavy (non-hydrogen) atoms. The quantitative estimate of drug-likeness (QED) is 0.806. The summed E-state index contributed by atoms with van der Waals surface area (Å²) in [6.45, 7) is 2.81. The van der Waals surface area contributed by atoms with Gasteiger partial charge < -0.3 is 5.32 Å². The average molecular weight is 213 g/mol. The van der Waals surface area contributed by atoms with Crippen molar-refractivity contribution in [1.82, 2.24) is 5.32 Å². The van der Waals surface area contributed by atoms with Gasteiger partial charge in [0.2, 0.25) is 0 Å². The predicted octanol–water partition coefficient (Wildman–Crippen LogP) is 1.69. The Bertz CT molecular complexity index is 332. The SMILES string of the molecule is CCNCC(=O)Cc1cc(F)cc(F)c1. The maximum Gasteiger partial charge on any atom is 0.150 e. The topological polar surface area (TPSA) is 29.1 Å². The zero-order valence-electron chi connectivity index (χ0n) is 8.52. The summed E-state index contributed by atoms with van der Waals surface area (Å²) in [6.07, 6.45) is 0.0572. The minimum Gasteiger partial charge on any atom is -0.310 e. The fourth-order valence-electron chi connectivity index (χ4n) is 1.27. The van der Waals surface area contributed by atoms with Crippen LogP contribution in [0.5, 0.6) is 0 Å². The van der Waals surface area contributed by atoms with Crippen molar-refractivity contribution in [1.29, 1.82) is 0 Å². The van der Waals surface area contributed by atoms with Crippen molar-refractivity contribution in [3.8, 4) is 0 Å². The van der Waals surface area contributed by atoms with E-state index in [9.17, 15) is 13.6 Å². The van der Waals surface area contributed by atoms with E-state index in [1.165, 1.54) is 12.1 Å². The summed E-state index contributed by atoms with van der Waals surface area (Å²) in [7, 11) is 0. The van der Waals surface area contributed by atoms with E-state index in [4.69, 9.17) is 0 Å². The molecule has 0 bridgehead atoms. The lowest BCUT2D eigenvalue weighted by Crippen LogP contribution is -2.23. The van der Waals surface area contributed by atoms with E-state index in [1.807, 2.05) is 6.92 Å². The van der Waals surface area contributed by atoms with Crippen molar-refractivity contribution in [2.75, 3.05) is 13.1 Å². The van der Waals surface area contributed by atoms with Crippen LogP contribution in [0.3, 0.4) is 0 Å². The molecule has 0 aliphatic rings. The van der Waals surface area contributed by atoms with Gasteiger partial charge in [0.15, 0.2) is 5.78 Å². The summed E-state index contributed by atoms with van der Waals surface area (Å²) in [6, 6.07) is 3.14. The number of nitrogens with one attached hydrogen (secondary N) is 1. The Morgan fingerprint density at radius 1 is 1.27 bits per heavy atom. The molecule has 0 amide bonds. The molecule has 1 rings (SSSR count). The highest BCUT2D eigenvalue weighted by Crippen LogP contribution is 2.08. The molecule has 1 aromatic rings. The molecule has 0 heterocycles. The van der Waals surface area contributed by atoms with Crippen LogP contribution in [0.15, 0.2) is 18.2 Å². The lowest BCUT2D eigenvalue weighted by atomic mass is 10.1. The Morgan fingerprint density at radius 3 is 2.40 bits per heavy atom. The molecule has 0 fully saturated rings. The molecule has 2 nitrogen and oxygen atoms in total. The number of halogens is 2. The molecule has 82 valence electrons. The van der Waals surface area contributed by atoms with Crippen LogP contribution in [0, 0.1) is 11.6 Å². The smallest absolute Gasteiger partial charge is 0.150 e. The molecule has 0 atom stereocenters. The number of hydrogen-bond donors (Lipinski definition) is 1. The Labute approximate surface area is 87.3 Å². The molecule has 0 saturated heterocycles. The zero-order chi connectivity index (χ0) is 11.3. The Morgan fingerprint density at radius 2 is 1.87 bits per heavy atom. The van der Waals surface area contributed by atoms with Gasteiger partial charge in [0.05, 0.1) is 6.54 Å². The monoisotopic (exact) mass is 213 g/mol. The number of ketones is 1. The highest BCUT2D eigenvalue weighted by atomic mass is 19.1. The number of carbonyl (C=O) groups excluding carboxylic acids is 1. The molecule has 4 heteroatoms. The molecule has 1 N–H and O–H groups in total. The van der Waals surface area contributed by atoms with Crippen LogP contribution >= 0.6 is 0 Å². The average Bonchev–Trinajstić information content (AvgIpc) is 2.13. The summed E-state index contributed by atoms with van der Waals surface area (Å²) < 4.78 is 25.5.